The first-order chi connectivity index (χ1) is 14.2. The van der Waals surface area contributed by atoms with E-state index in [2.05, 4.69) is 4.72 Å². The van der Waals surface area contributed by atoms with E-state index in [1.165, 1.54) is 12.1 Å². The van der Waals surface area contributed by atoms with Gasteiger partial charge in [-0.25, -0.2) is 21.6 Å². The van der Waals surface area contributed by atoms with Gasteiger partial charge in [-0.15, -0.1) is 0 Å². The van der Waals surface area contributed by atoms with Gasteiger partial charge in [0.25, 0.3) is 5.91 Å². The maximum atomic E-state index is 14.0. The SMILES string of the molecule is CC1CN(Cc2cc(F)cc(F)c2F)CC(C)N1C(=O)c1ccc(N[SH](=O)=O)cc1. The molecule has 3 rings (SSSR count). The third kappa shape index (κ3) is 4.93. The Labute approximate surface area is 174 Å². The van der Waals surface area contributed by atoms with Gasteiger partial charge in [0.15, 0.2) is 11.6 Å². The predicted molar refractivity (Wildman–Crippen MR) is 107 cm³/mol. The molecule has 0 bridgehead atoms. The summed E-state index contributed by atoms with van der Waals surface area (Å²) < 4.78 is 64.6. The number of anilines is 1. The maximum absolute atomic E-state index is 14.0. The molecular formula is C20H22F3N3O3S. The van der Waals surface area contributed by atoms with Crippen LogP contribution in [0.15, 0.2) is 36.4 Å². The molecule has 1 amide bonds. The fraction of sp³-hybridized carbons (Fsp3) is 0.350. The highest BCUT2D eigenvalue weighted by molar-refractivity contribution is 7.73. The lowest BCUT2D eigenvalue weighted by Crippen LogP contribution is -2.58. The van der Waals surface area contributed by atoms with Gasteiger partial charge in [0.05, 0.1) is 0 Å². The van der Waals surface area contributed by atoms with Crippen molar-refractivity contribution in [2.75, 3.05) is 17.8 Å². The van der Waals surface area contributed by atoms with Crippen LogP contribution in [-0.4, -0.2) is 49.3 Å². The molecule has 2 aromatic rings. The number of piperazine rings is 1. The molecule has 2 aromatic carbocycles. The second-order valence-electron chi connectivity index (χ2n) is 7.41. The molecule has 1 fully saturated rings. The van der Waals surface area contributed by atoms with Gasteiger partial charge in [-0.05, 0) is 44.2 Å². The van der Waals surface area contributed by atoms with Crippen LogP contribution < -0.4 is 4.72 Å². The van der Waals surface area contributed by atoms with Crippen molar-refractivity contribution in [3.63, 3.8) is 0 Å². The molecule has 1 heterocycles. The van der Waals surface area contributed by atoms with E-state index >= 15 is 0 Å². The number of nitrogens with one attached hydrogen (secondary N) is 1. The number of nitrogens with zero attached hydrogens (tertiary/aromatic N) is 2. The van der Waals surface area contributed by atoms with E-state index in [4.69, 9.17) is 0 Å². The van der Waals surface area contributed by atoms with Crippen molar-refractivity contribution in [3.05, 3.63) is 65.0 Å². The van der Waals surface area contributed by atoms with Gasteiger partial charge < -0.3 is 4.90 Å². The molecule has 1 aliphatic heterocycles. The summed E-state index contributed by atoms with van der Waals surface area (Å²) in [4.78, 5) is 16.5. The third-order valence-corrected chi connectivity index (χ3v) is 5.48. The average Bonchev–Trinajstić information content (AvgIpc) is 2.65. The second-order valence-corrected chi connectivity index (χ2v) is 8.15. The fourth-order valence-electron chi connectivity index (χ4n) is 3.87. The molecule has 162 valence electrons. The summed E-state index contributed by atoms with van der Waals surface area (Å²) in [5.74, 6) is -3.34. The van der Waals surface area contributed by atoms with E-state index in [1.807, 2.05) is 18.7 Å². The molecule has 0 spiro atoms. The van der Waals surface area contributed by atoms with Crippen molar-refractivity contribution in [2.24, 2.45) is 0 Å². The Morgan fingerprint density at radius 3 is 2.23 bits per heavy atom. The minimum Gasteiger partial charge on any atom is -0.331 e. The topological polar surface area (TPSA) is 69.7 Å². The number of carbonyl (C=O) groups excluding carboxylic acids is 1. The number of hydrogen-bond donors (Lipinski definition) is 2. The summed E-state index contributed by atoms with van der Waals surface area (Å²) in [6, 6.07) is 7.14. The summed E-state index contributed by atoms with van der Waals surface area (Å²) in [6.45, 7) is 4.54. The van der Waals surface area contributed by atoms with Crippen LogP contribution in [0.2, 0.25) is 0 Å². The lowest BCUT2D eigenvalue weighted by molar-refractivity contribution is 0.0265. The smallest absolute Gasteiger partial charge is 0.254 e. The number of rotatable bonds is 5. The summed E-state index contributed by atoms with van der Waals surface area (Å²) >= 11 is 0. The number of amides is 1. The zero-order chi connectivity index (χ0) is 22.0. The second kappa shape index (κ2) is 9.05. The number of benzene rings is 2. The molecule has 0 aliphatic carbocycles. The molecule has 6 nitrogen and oxygen atoms in total. The summed E-state index contributed by atoms with van der Waals surface area (Å²) in [5, 5.41) is 0. The predicted octanol–water partition coefficient (Wildman–Crippen LogP) is 2.78. The van der Waals surface area contributed by atoms with Gasteiger partial charge in [0.1, 0.15) is 5.82 Å². The monoisotopic (exact) mass is 441 g/mol. The van der Waals surface area contributed by atoms with Crippen molar-refractivity contribution < 1.29 is 26.4 Å². The molecule has 10 heteroatoms. The van der Waals surface area contributed by atoms with Crippen LogP contribution >= 0.6 is 0 Å². The molecular weight excluding hydrogens is 419 g/mol. The lowest BCUT2D eigenvalue weighted by atomic mass is 10.0. The van der Waals surface area contributed by atoms with Crippen LogP contribution in [0.5, 0.6) is 0 Å². The van der Waals surface area contributed by atoms with Crippen molar-refractivity contribution in [1.29, 1.82) is 0 Å². The Bertz CT molecular complexity index is 994. The number of halogens is 3. The maximum Gasteiger partial charge on any atom is 0.254 e. The van der Waals surface area contributed by atoms with Gasteiger partial charge in [0.2, 0.25) is 10.9 Å². The standard InChI is InChI=1S/C20H22F3N3O3S/c1-12-9-25(11-15-7-16(21)8-18(22)19(15)23)10-13(2)26(12)20(27)14-3-5-17(6-4-14)24-30(28)29/h3-8,12-13,30H,9-11H2,1-2H3,(H,24,28,29). The van der Waals surface area contributed by atoms with Gasteiger partial charge in [-0.2, -0.15) is 0 Å². The third-order valence-electron chi connectivity index (χ3n) is 5.04. The average molecular weight is 441 g/mol. The number of carbonyl (C=O) groups is 1. The zero-order valence-electron chi connectivity index (χ0n) is 16.4. The van der Waals surface area contributed by atoms with Crippen LogP contribution in [-0.2, 0) is 17.4 Å². The van der Waals surface area contributed by atoms with Gasteiger partial charge in [-0.1, -0.05) is 0 Å². The first kappa shape index (κ1) is 22.1. The molecule has 1 aliphatic rings. The van der Waals surface area contributed by atoms with E-state index < -0.39 is 28.3 Å². The van der Waals surface area contributed by atoms with Crippen LogP contribution in [0.1, 0.15) is 29.8 Å². The lowest BCUT2D eigenvalue weighted by Gasteiger charge is -2.44. The Morgan fingerprint density at radius 1 is 1.07 bits per heavy atom. The molecule has 30 heavy (non-hydrogen) atoms. The highest BCUT2D eigenvalue weighted by Gasteiger charge is 2.33. The van der Waals surface area contributed by atoms with E-state index in [0.29, 0.717) is 30.4 Å². The highest BCUT2D eigenvalue weighted by atomic mass is 32.2. The first-order valence-corrected chi connectivity index (χ1v) is 10.5. The molecule has 2 unspecified atom stereocenters. The Kier molecular flexibility index (Phi) is 6.67. The number of thiol groups is 1. The molecule has 0 aromatic heterocycles. The van der Waals surface area contributed by atoms with Crippen LogP contribution in [0.3, 0.4) is 0 Å². The largest absolute Gasteiger partial charge is 0.331 e. The molecule has 0 saturated carbocycles. The van der Waals surface area contributed by atoms with Crippen molar-refractivity contribution in [3.8, 4) is 0 Å². The van der Waals surface area contributed by atoms with Gasteiger partial charge in [0, 0.05) is 54.6 Å². The Morgan fingerprint density at radius 2 is 1.67 bits per heavy atom. The van der Waals surface area contributed by atoms with E-state index in [1.54, 1.807) is 17.0 Å². The van der Waals surface area contributed by atoms with Crippen molar-refractivity contribution in [2.45, 2.75) is 32.5 Å². The molecule has 2 atom stereocenters. The minimum atomic E-state index is -2.79. The summed E-state index contributed by atoms with van der Waals surface area (Å²) in [5.41, 5.74) is 0.705. The molecule has 1 saturated heterocycles. The first-order valence-electron chi connectivity index (χ1n) is 9.35. The van der Waals surface area contributed by atoms with E-state index in [0.717, 1.165) is 6.07 Å². The quantitative estimate of drug-likeness (QED) is 0.553. The van der Waals surface area contributed by atoms with E-state index in [9.17, 15) is 26.4 Å². The fourth-order valence-corrected chi connectivity index (χ4v) is 4.23. The van der Waals surface area contributed by atoms with Crippen molar-refractivity contribution >= 4 is 22.5 Å². The van der Waals surface area contributed by atoms with Crippen molar-refractivity contribution in [1.82, 2.24) is 9.80 Å². The van der Waals surface area contributed by atoms with Crippen LogP contribution in [0.25, 0.3) is 0 Å². The molecule has 0 radical (unpaired) electrons. The Balaban J connectivity index is 1.71. The van der Waals surface area contributed by atoms with Gasteiger partial charge >= 0.3 is 0 Å². The van der Waals surface area contributed by atoms with Crippen LogP contribution in [0, 0.1) is 17.5 Å². The zero-order valence-corrected chi connectivity index (χ0v) is 17.3. The summed E-state index contributed by atoms with van der Waals surface area (Å²) in [6.07, 6.45) is 0. The van der Waals surface area contributed by atoms with Gasteiger partial charge in [-0.3, -0.25) is 14.4 Å². The van der Waals surface area contributed by atoms with Crippen LogP contribution in [0.4, 0.5) is 18.9 Å². The van der Waals surface area contributed by atoms with E-state index in [-0.39, 0.29) is 30.1 Å². The Hall–Kier alpha value is -2.59. The normalized spacial score (nSPS) is 19.9. The highest BCUT2D eigenvalue weighted by Crippen LogP contribution is 2.23. The summed E-state index contributed by atoms with van der Waals surface area (Å²) in [7, 11) is -2.79. The minimum absolute atomic E-state index is 0.0327. The molecule has 1 N–H and O–H groups in total. The number of hydrogen-bond acceptors (Lipinski definition) is 4.